The Hall–Kier alpha value is 0.630. The Kier molecular flexibility index (Phi) is 12.2. The van der Waals surface area contributed by atoms with E-state index in [-0.39, 0.29) is 71.6 Å². The summed E-state index contributed by atoms with van der Waals surface area (Å²) in [4.78, 5) is 30.5. The first-order valence-corrected chi connectivity index (χ1v) is 3.17. The van der Waals surface area contributed by atoms with Gasteiger partial charge in [-0.05, 0) is 0 Å². The molecular formula is C6H11CaNaO7. The van der Waals surface area contributed by atoms with Crippen LogP contribution in [-0.2, 0) is 14.4 Å². The van der Waals surface area contributed by atoms with Crippen LogP contribution >= 0.6 is 0 Å². The number of hydrogen-bond donors (Lipinski definition) is 4. The molecule has 0 aromatic rings. The molecule has 0 aromatic carbocycles. The minimum absolute atomic E-state index is 0. The third-order valence-corrected chi connectivity index (χ3v) is 1.29. The Bertz CT molecular complexity index is 250. The predicted molar refractivity (Wildman–Crippen MR) is 46.2 cm³/mol. The number of aliphatic hydroxyl groups is 1. The molecule has 0 rings (SSSR count). The summed E-state index contributed by atoms with van der Waals surface area (Å²) in [7, 11) is 0. The van der Waals surface area contributed by atoms with Crippen molar-refractivity contribution in [1.29, 1.82) is 0 Å². The molecule has 0 atom stereocenters. The summed E-state index contributed by atoms with van der Waals surface area (Å²) in [6.07, 6.45) is -2.29. The SMILES string of the molecule is O=C(O)CC(O)(CC(=O)O)C(=O)O.[Ca+2].[H-].[H-].[H-].[Na+]. The second-order valence-corrected chi connectivity index (χ2v) is 2.48. The molecule has 0 fully saturated rings. The maximum Gasteiger partial charge on any atom is 2.00 e. The predicted octanol–water partition coefficient (Wildman–Crippen LogP) is -4.29. The molecule has 0 amide bonds. The van der Waals surface area contributed by atoms with Crippen LogP contribution in [0.5, 0.6) is 0 Å². The van der Waals surface area contributed by atoms with Crippen LogP contribution in [0.2, 0.25) is 0 Å². The number of carbonyl (C=O) groups is 3. The van der Waals surface area contributed by atoms with E-state index in [0.717, 1.165) is 0 Å². The third-order valence-electron chi connectivity index (χ3n) is 1.29. The van der Waals surface area contributed by atoms with Crippen molar-refractivity contribution in [3.63, 3.8) is 0 Å². The van der Waals surface area contributed by atoms with Gasteiger partial charge >= 0.3 is 85.2 Å². The molecule has 0 bridgehead atoms. The van der Waals surface area contributed by atoms with Crippen LogP contribution in [0, 0.1) is 0 Å². The monoisotopic (exact) mass is 258 g/mol. The van der Waals surface area contributed by atoms with Crippen molar-refractivity contribution in [3.8, 4) is 0 Å². The van der Waals surface area contributed by atoms with E-state index in [0.29, 0.717) is 0 Å². The molecule has 9 heteroatoms. The van der Waals surface area contributed by atoms with Gasteiger partial charge in [-0.1, -0.05) is 0 Å². The number of carboxylic acid groups (broad SMARTS) is 3. The molecule has 0 aliphatic heterocycles. The smallest absolute Gasteiger partial charge is 1.00 e. The van der Waals surface area contributed by atoms with Crippen LogP contribution in [-0.4, -0.2) is 81.7 Å². The molecule has 0 aliphatic rings. The molecule has 0 saturated carbocycles. The van der Waals surface area contributed by atoms with Gasteiger partial charge in [-0.2, -0.15) is 0 Å². The van der Waals surface area contributed by atoms with E-state index in [2.05, 4.69) is 0 Å². The first-order valence-electron chi connectivity index (χ1n) is 3.17. The molecule has 0 radical (unpaired) electrons. The summed E-state index contributed by atoms with van der Waals surface area (Å²) in [5, 5.41) is 33.8. The van der Waals surface area contributed by atoms with E-state index in [1.807, 2.05) is 0 Å². The maximum absolute atomic E-state index is 10.3. The normalized spacial score (nSPS) is 9.40. The van der Waals surface area contributed by atoms with Gasteiger partial charge in [0.25, 0.3) is 0 Å². The van der Waals surface area contributed by atoms with Crippen molar-refractivity contribution in [2.24, 2.45) is 0 Å². The number of carboxylic acids is 3. The van der Waals surface area contributed by atoms with E-state index in [1.54, 1.807) is 0 Å². The molecule has 0 aliphatic carbocycles. The molecular weight excluding hydrogens is 247 g/mol. The fourth-order valence-electron chi connectivity index (χ4n) is 0.714. The van der Waals surface area contributed by atoms with Crippen LogP contribution < -0.4 is 29.6 Å². The number of aliphatic carboxylic acids is 3. The van der Waals surface area contributed by atoms with Crippen molar-refractivity contribution in [2.45, 2.75) is 18.4 Å². The first-order chi connectivity index (χ1) is 5.78. The van der Waals surface area contributed by atoms with E-state index < -0.39 is 36.4 Å². The summed E-state index contributed by atoms with van der Waals surface area (Å²) < 4.78 is 0. The average molecular weight is 258 g/mol. The average Bonchev–Trinajstić information content (AvgIpc) is 1.82. The van der Waals surface area contributed by atoms with Gasteiger partial charge in [0.2, 0.25) is 0 Å². The van der Waals surface area contributed by atoms with Gasteiger partial charge in [-0.25, -0.2) is 4.79 Å². The van der Waals surface area contributed by atoms with Gasteiger partial charge in [0.05, 0.1) is 12.8 Å². The minimum Gasteiger partial charge on any atom is -1.00 e. The number of hydrogen-bond acceptors (Lipinski definition) is 4. The molecule has 0 spiro atoms. The van der Waals surface area contributed by atoms with E-state index in [1.165, 1.54) is 0 Å². The Morgan fingerprint density at radius 1 is 1.00 bits per heavy atom. The largest absolute Gasteiger partial charge is 2.00 e. The molecule has 0 unspecified atom stereocenters. The van der Waals surface area contributed by atoms with Crippen molar-refractivity contribution >= 4 is 55.6 Å². The fourth-order valence-corrected chi connectivity index (χ4v) is 0.714. The van der Waals surface area contributed by atoms with Crippen molar-refractivity contribution in [3.05, 3.63) is 0 Å². The Morgan fingerprint density at radius 2 is 1.27 bits per heavy atom. The first kappa shape index (κ1) is 21.0. The van der Waals surface area contributed by atoms with Gasteiger partial charge in [-0.3, -0.25) is 9.59 Å². The van der Waals surface area contributed by atoms with Crippen LogP contribution in [0.1, 0.15) is 17.1 Å². The molecule has 4 N–H and O–H groups in total. The zero-order valence-electron chi connectivity index (χ0n) is 11.1. The minimum atomic E-state index is -2.74. The maximum atomic E-state index is 10.3. The van der Waals surface area contributed by atoms with Crippen molar-refractivity contribution in [1.82, 2.24) is 0 Å². The molecule has 80 valence electrons. The Balaban J connectivity index is -0.0000000720. The van der Waals surface area contributed by atoms with Crippen LogP contribution in [0.15, 0.2) is 0 Å². The van der Waals surface area contributed by atoms with Crippen molar-refractivity contribution < 1.29 is 68.6 Å². The van der Waals surface area contributed by atoms with E-state index in [9.17, 15) is 14.4 Å². The standard InChI is InChI=1S/C6H8O7.Ca.Na.3H/c7-3(8)1-6(13,5(11)12)2-4(9)10;;;;;/h13H,1-2H2,(H,7,8)(H,9,10)(H,11,12);;;;;/q;+2;+1;3*-1. The van der Waals surface area contributed by atoms with Crippen LogP contribution in [0.25, 0.3) is 0 Å². The van der Waals surface area contributed by atoms with Gasteiger partial charge in [0.15, 0.2) is 5.60 Å². The Morgan fingerprint density at radius 3 is 1.40 bits per heavy atom. The summed E-state index contributed by atoms with van der Waals surface area (Å²) >= 11 is 0. The van der Waals surface area contributed by atoms with E-state index >= 15 is 0 Å². The molecule has 0 aromatic heterocycles. The molecule has 15 heavy (non-hydrogen) atoms. The van der Waals surface area contributed by atoms with E-state index in [4.69, 9.17) is 20.4 Å². The summed E-state index contributed by atoms with van der Waals surface area (Å²) in [6.45, 7) is 0. The number of rotatable bonds is 5. The zero-order chi connectivity index (χ0) is 10.6. The fraction of sp³-hybridized carbons (Fsp3) is 0.500. The Labute approximate surface area is 141 Å². The van der Waals surface area contributed by atoms with Gasteiger partial charge in [0, 0.05) is 0 Å². The summed E-state index contributed by atoms with van der Waals surface area (Å²) in [5.41, 5.74) is -2.74. The van der Waals surface area contributed by atoms with Gasteiger partial charge < -0.3 is 24.7 Å². The second-order valence-electron chi connectivity index (χ2n) is 2.48. The quantitative estimate of drug-likeness (QED) is 0.367. The summed E-state index contributed by atoms with van der Waals surface area (Å²) in [6, 6.07) is 0. The topological polar surface area (TPSA) is 132 Å². The zero-order valence-corrected chi connectivity index (χ0v) is 12.3. The van der Waals surface area contributed by atoms with Crippen LogP contribution in [0.3, 0.4) is 0 Å². The molecule has 0 heterocycles. The molecule has 0 saturated heterocycles. The summed E-state index contributed by atoms with van der Waals surface area (Å²) in [5.74, 6) is -5.02. The van der Waals surface area contributed by atoms with Crippen molar-refractivity contribution in [2.75, 3.05) is 0 Å². The van der Waals surface area contributed by atoms with Gasteiger partial charge in [0.1, 0.15) is 0 Å². The van der Waals surface area contributed by atoms with Gasteiger partial charge in [-0.15, -0.1) is 0 Å². The third kappa shape index (κ3) is 8.44. The molecule has 7 nitrogen and oxygen atoms in total. The van der Waals surface area contributed by atoms with Crippen LogP contribution in [0.4, 0.5) is 0 Å². The second kappa shape index (κ2) is 8.74.